The molecule has 2 N–H and O–H groups in total. The van der Waals surface area contributed by atoms with Gasteiger partial charge in [-0.2, -0.15) is 18.2 Å². The largest absolute Gasteiger partial charge is 0.405 e. The van der Waals surface area contributed by atoms with Crippen molar-refractivity contribution in [1.82, 2.24) is 15.0 Å². The number of aryl methyl sites for hydroxylation is 2. The summed E-state index contributed by atoms with van der Waals surface area (Å²) in [4.78, 5) is 13.9. The number of nitrogens with one attached hydrogen (secondary N) is 2. The van der Waals surface area contributed by atoms with Gasteiger partial charge >= 0.3 is 6.18 Å². The second-order valence-electron chi connectivity index (χ2n) is 5.04. The summed E-state index contributed by atoms with van der Waals surface area (Å²) in [6, 6.07) is 0. The highest BCUT2D eigenvalue weighted by molar-refractivity contribution is 7.15. The molecule has 0 amide bonds. The van der Waals surface area contributed by atoms with Crippen LogP contribution in [0.2, 0.25) is 0 Å². The molecule has 0 atom stereocenters. The molecule has 2 heterocycles. The van der Waals surface area contributed by atoms with Crippen molar-refractivity contribution in [2.24, 2.45) is 0 Å². The molecule has 0 aliphatic heterocycles. The van der Waals surface area contributed by atoms with Crippen LogP contribution in [0.25, 0.3) is 16.6 Å². The molecule has 0 aliphatic carbocycles. The monoisotopic (exact) mass is 357 g/mol. The van der Waals surface area contributed by atoms with Gasteiger partial charge in [0.1, 0.15) is 17.4 Å². The Kier molecular flexibility index (Phi) is 5.43. The van der Waals surface area contributed by atoms with Gasteiger partial charge in [0.15, 0.2) is 0 Å². The first kappa shape index (κ1) is 18.2. The number of anilines is 2. The fraction of sp³-hybridized carbons (Fsp3) is 0.400. The van der Waals surface area contributed by atoms with Crippen LogP contribution in [0.15, 0.2) is 6.08 Å². The lowest BCUT2D eigenvalue weighted by atomic mass is 10.2. The average Bonchev–Trinajstić information content (AvgIpc) is 2.84. The van der Waals surface area contributed by atoms with Crippen LogP contribution in [0, 0.1) is 13.8 Å². The number of hydrogen-bond acceptors (Lipinski definition) is 6. The maximum Gasteiger partial charge on any atom is 0.405 e. The van der Waals surface area contributed by atoms with Gasteiger partial charge in [0.05, 0.1) is 17.0 Å². The molecule has 2 rings (SSSR count). The van der Waals surface area contributed by atoms with Gasteiger partial charge in [-0.05, 0) is 26.8 Å². The number of thiazole rings is 1. The highest BCUT2D eigenvalue weighted by atomic mass is 32.1. The van der Waals surface area contributed by atoms with Crippen molar-refractivity contribution in [3.05, 3.63) is 22.3 Å². The minimum Gasteiger partial charge on any atom is -0.372 e. The number of rotatable bonds is 5. The van der Waals surface area contributed by atoms with E-state index in [-0.39, 0.29) is 5.95 Å². The minimum absolute atomic E-state index is 0.0696. The summed E-state index contributed by atoms with van der Waals surface area (Å²) in [6.45, 7) is 4.41. The van der Waals surface area contributed by atoms with Gasteiger partial charge in [-0.15, -0.1) is 11.3 Å². The number of alkyl halides is 3. The molecule has 0 saturated heterocycles. The molecular formula is C15H18F3N5S. The molecule has 0 aliphatic rings. The predicted octanol–water partition coefficient (Wildman–Crippen LogP) is 4.27. The highest BCUT2D eigenvalue weighted by Gasteiger charge is 2.27. The van der Waals surface area contributed by atoms with Crippen molar-refractivity contribution in [3.8, 4) is 10.6 Å². The fourth-order valence-electron chi connectivity index (χ4n) is 2.10. The third-order valence-corrected chi connectivity index (χ3v) is 4.15. The Morgan fingerprint density at radius 2 is 1.88 bits per heavy atom. The molecule has 24 heavy (non-hydrogen) atoms. The third-order valence-electron chi connectivity index (χ3n) is 3.14. The molecule has 0 radical (unpaired) electrons. The summed E-state index contributed by atoms with van der Waals surface area (Å²) in [6.07, 6.45) is -0.522. The lowest BCUT2D eigenvalue weighted by molar-refractivity contribution is -0.115. The Balaban J connectivity index is 2.42. The second kappa shape index (κ2) is 7.16. The Morgan fingerprint density at radius 3 is 2.46 bits per heavy atom. The van der Waals surface area contributed by atoms with E-state index in [9.17, 15) is 13.2 Å². The quantitative estimate of drug-likeness (QED) is 0.837. The van der Waals surface area contributed by atoms with Crippen LogP contribution in [0.5, 0.6) is 0 Å². The molecular weight excluding hydrogens is 339 g/mol. The van der Waals surface area contributed by atoms with E-state index in [4.69, 9.17) is 0 Å². The summed E-state index contributed by atoms with van der Waals surface area (Å²) in [7, 11) is 1.66. The van der Waals surface area contributed by atoms with Crippen LogP contribution in [-0.2, 0) is 0 Å². The van der Waals surface area contributed by atoms with Crippen LogP contribution in [0.3, 0.4) is 0 Å². The van der Waals surface area contributed by atoms with Gasteiger partial charge < -0.3 is 10.6 Å². The number of nitrogens with zero attached hydrogens (tertiary/aromatic N) is 3. The molecule has 130 valence electrons. The zero-order valence-corrected chi connectivity index (χ0v) is 14.6. The van der Waals surface area contributed by atoms with E-state index in [1.165, 1.54) is 11.3 Å². The van der Waals surface area contributed by atoms with Crippen molar-refractivity contribution in [2.75, 3.05) is 24.2 Å². The highest BCUT2D eigenvalue weighted by Crippen LogP contribution is 2.35. The minimum atomic E-state index is -4.33. The van der Waals surface area contributed by atoms with Crippen molar-refractivity contribution in [3.63, 3.8) is 0 Å². The average molecular weight is 357 g/mol. The van der Waals surface area contributed by atoms with E-state index in [0.29, 0.717) is 17.1 Å². The SMILES string of the molecule is C/C=C\c1nc(-c2c(C)nc(NCC(F)(F)F)nc2NC)sc1C. The molecule has 9 heteroatoms. The van der Waals surface area contributed by atoms with E-state index in [1.807, 2.05) is 26.0 Å². The van der Waals surface area contributed by atoms with Crippen molar-refractivity contribution in [1.29, 1.82) is 0 Å². The second-order valence-corrected chi connectivity index (χ2v) is 6.24. The van der Waals surface area contributed by atoms with Crippen LogP contribution in [0.1, 0.15) is 23.2 Å². The maximum atomic E-state index is 12.3. The van der Waals surface area contributed by atoms with Crippen molar-refractivity contribution >= 4 is 29.2 Å². The summed E-state index contributed by atoms with van der Waals surface area (Å²) in [5, 5.41) is 5.84. The van der Waals surface area contributed by atoms with E-state index in [0.717, 1.165) is 15.6 Å². The van der Waals surface area contributed by atoms with Crippen LogP contribution in [0.4, 0.5) is 24.9 Å². The third kappa shape index (κ3) is 4.22. The van der Waals surface area contributed by atoms with Crippen LogP contribution in [-0.4, -0.2) is 34.7 Å². The molecule has 5 nitrogen and oxygen atoms in total. The van der Waals surface area contributed by atoms with Crippen molar-refractivity contribution in [2.45, 2.75) is 26.9 Å². The lowest BCUT2D eigenvalue weighted by Gasteiger charge is -2.13. The Hall–Kier alpha value is -2.16. The smallest absolute Gasteiger partial charge is 0.372 e. The van der Waals surface area contributed by atoms with Crippen LogP contribution < -0.4 is 10.6 Å². The summed E-state index contributed by atoms with van der Waals surface area (Å²) < 4.78 is 37.0. The molecule has 0 unspecified atom stereocenters. The van der Waals surface area contributed by atoms with Gasteiger partial charge in [0.25, 0.3) is 0 Å². The predicted molar refractivity (Wildman–Crippen MR) is 91.4 cm³/mol. The molecule has 0 aromatic carbocycles. The van der Waals surface area contributed by atoms with E-state index < -0.39 is 12.7 Å². The van der Waals surface area contributed by atoms with Gasteiger partial charge in [0.2, 0.25) is 5.95 Å². The van der Waals surface area contributed by atoms with E-state index >= 15 is 0 Å². The molecule has 0 saturated carbocycles. The first-order chi connectivity index (χ1) is 11.2. The summed E-state index contributed by atoms with van der Waals surface area (Å²) in [5.74, 6) is 0.368. The standard InChI is InChI=1S/C15H18F3N5S/c1-5-6-10-9(3)24-13(22-10)11-8(2)21-14(23-12(11)19-4)20-7-15(16,17)18/h5-6H,7H2,1-4H3,(H2,19,20,21,23)/b6-5-. The zero-order chi connectivity index (χ0) is 17.9. The number of allylic oxidation sites excluding steroid dienone is 1. The maximum absolute atomic E-state index is 12.3. The van der Waals surface area contributed by atoms with Gasteiger partial charge in [-0.25, -0.2) is 9.97 Å². The first-order valence-electron chi connectivity index (χ1n) is 7.22. The Morgan fingerprint density at radius 1 is 1.17 bits per heavy atom. The van der Waals surface area contributed by atoms with E-state index in [1.54, 1.807) is 14.0 Å². The topological polar surface area (TPSA) is 62.7 Å². The zero-order valence-electron chi connectivity index (χ0n) is 13.7. The first-order valence-corrected chi connectivity index (χ1v) is 8.04. The lowest BCUT2D eigenvalue weighted by Crippen LogP contribution is -2.22. The Bertz CT molecular complexity index is 752. The van der Waals surface area contributed by atoms with E-state index in [2.05, 4.69) is 25.6 Å². The van der Waals surface area contributed by atoms with Crippen molar-refractivity contribution < 1.29 is 13.2 Å². The number of hydrogen-bond donors (Lipinski definition) is 2. The molecule has 0 spiro atoms. The van der Waals surface area contributed by atoms with Crippen LogP contribution >= 0.6 is 11.3 Å². The molecule has 0 bridgehead atoms. The Labute approximate surface area is 142 Å². The van der Waals surface area contributed by atoms with Gasteiger partial charge in [0, 0.05) is 11.9 Å². The molecule has 2 aromatic rings. The summed E-state index contributed by atoms with van der Waals surface area (Å²) in [5.41, 5.74) is 2.11. The van der Waals surface area contributed by atoms with Gasteiger partial charge in [-0.1, -0.05) is 6.08 Å². The summed E-state index contributed by atoms with van der Waals surface area (Å²) >= 11 is 1.49. The number of halogens is 3. The molecule has 0 fully saturated rings. The number of aromatic nitrogens is 3. The normalized spacial score (nSPS) is 12.0. The van der Waals surface area contributed by atoms with Gasteiger partial charge in [-0.3, -0.25) is 0 Å². The fourth-order valence-corrected chi connectivity index (χ4v) is 3.09. The molecule has 2 aromatic heterocycles.